The van der Waals surface area contributed by atoms with Crippen LogP contribution in [0.25, 0.3) is 11.4 Å². The largest absolute Gasteiger partial charge is 0.444 e. The van der Waals surface area contributed by atoms with Gasteiger partial charge in [0.1, 0.15) is 11.4 Å². The van der Waals surface area contributed by atoms with Crippen molar-refractivity contribution in [3.8, 4) is 11.4 Å². The second kappa shape index (κ2) is 10.5. The fourth-order valence-electron chi connectivity index (χ4n) is 4.08. The second-order valence-electron chi connectivity index (χ2n) is 9.65. The lowest BCUT2D eigenvalue weighted by Gasteiger charge is -2.25. The lowest BCUT2D eigenvalue weighted by atomic mass is 10.1. The average Bonchev–Trinajstić information content (AvgIpc) is 3.05. The molecular formula is C25H34N6O4. The van der Waals surface area contributed by atoms with Gasteiger partial charge in [0.15, 0.2) is 5.82 Å². The quantitative estimate of drug-likeness (QED) is 0.683. The number of hydrogen-bond acceptors (Lipinski definition) is 7. The van der Waals surface area contributed by atoms with Crippen LogP contribution in [-0.2, 0) is 22.6 Å². The molecule has 0 aliphatic carbocycles. The number of aromatic nitrogens is 2. The predicted molar refractivity (Wildman–Crippen MR) is 133 cm³/mol. The number of carbonyl (C=O) groups is 2. The van der Waals surface area contributed by atoms with Crippen LogP contribution in [0.5, 0.6) is 0 Å². The maximum atomic E-state index is 12.8. The molecule has 35 heavy (non-hydrogen) atoms. The summed E-state index contributed by atoms with van der Waals surface area (Å²) in [6, 6.07) is 7.18. The van der Waals surface area contributed by atoms with Crippen molar-refractivity contribution in [2.45, 2.75) is 52.8 Å². The first kappa shape index (κ1) is 24.7. The van der Waals surface area contributed by atoms with Gasteiger partial charge in [-0.1, -0.05) is 0 Å². The molecule has 3 amide bonds. The van der Waals surface area contributed by atoms with E-state index in [1.54, 1.807) is 4.90 Å². The number of nitrogens with zero attached hydrogens (tertiary/aromatic N) is 4. The van der Waals surface area contributed by atoms with Crippen LogP contribution in [0.1, 0.15) is 45.4 Å². The first-order valence-corrected chi connectivity index (χ1v) is 12.1. The smallest absolute Gasteiger partial charge is 0.410 e. The minimum atomic E-state index is -0.572. The molecule has 3 heterocycles. The number of ether oxygens (including phenoxy) is 2. The zero-order chi connectivity index (χ0) is 25.0. The maximum absolute atomic E-state index is 12.8. The van der Waals surface area contributed by atoms with Gasteiger partial charge < -0.3 is 25.0 Å². The van der Waals surface area contributed by atoms with E-state index < -0.39 is 5.60 Å². The molecule has 1 fully saturated rings. The number of fused-ring (bicyclic) bond motifs is 1. The Morgan fingerprint density at radius 1 is 1.09 bits per heavy atom. The van der Waals surface area contributed by atoms with Gasteiger partial charge >= 0.3 is 12.1 Å². The summed E-state index contributed by atoms with van der Waals surface area (Å²) in [6.45, 7) is 11.7. The van der Waals surface area contributed by atoms with Gasteiger partial charge in [0.2, 0.25) is 0 Å². The first-order chi connectivity index (χ1) is 16.7. The van der Waals surface area contributed by atoms with Crippen LogP contribution < -0.4 is 15.5 Å². The number of urea groups is 1. The number of nitrogens with one attached hydrogen (secondary N) is 2. The SMILES string of the molecule is CCNC(=O)Nc1ccc(-c2nc3c(c(N4CCCOCC4)n2)CN(C(=O)OC(C)(C)C)C3)cc1. The molecule has 2 N–H and O–H groups in total. The minimum Gasteiger partial charge on any atom is -0.444 e. The zero-order valence-electron chi connectivity index (χ0n) is 20.9. The fourth-order valence-corrected chi connectivity index (χ4v) is 4.08. The summed E-state index contributed by atoms with van der Waals surface area (Å²) in [5.41, 5.74) is 2.72. The molecule has 2 aliphatic rings. The predicted octanol–water partition coefficient (Wildman–Crippen LogP) is 3.76. The van der Waals surface area contributed by atoms with E-state index >= 15 is 0 Å². The lowest BCUT2D eigenvalue weighted by molar-refractivity contribution is 0.0241. The van der Waals surface area contributed by atoms with Crippen molar-refractivity contribution in [3.05, 3.63) is 35.5 Å². The third kappa shape index (κ3) is 6.19. The molecule has 0 atom stereocenters. The third-order valence-electron chi connectivity index (χ3n) is 5.67. The zero-order valence-corrected chi connectivity index (χ0v) is 20.9. The van der Waals surface area contributed by atoms with E-state index in [1.165, 1.54) is 0 Å². The molecule has 0 radical (unpaired) electrons. The molecule has 0 saturated carbocycles. The summed E-state index contributed by atoms with van der Waals surface area (Å²) in [4.78, 5) is 38.3. The van der Waals surface area contributed by atoms with E-state index in [2.05, 4.69) is 15.5 Å². The van der Waals surface area contributed by atoms with E-state index in [4.69, 9.17) is 19.4 Å². The number of hydrogen-bond donors (Lipinski definition) is 2. The van der Waals surface area contributed by atoms with Crippen LogP contribution in [0.4, 0.5) is 21.1 Å². The van der Waals surface area contributed by atoms with Crippen molar-refractivity contribution in [1.29, 1.82) is 0 Å². The van der Waals surface area contributed by atoms with Gasteiger partial charge in [-0.25, -0.2) is 19.6 Å². The normalized spacial score (nSPS) is 15.9. The van der Waals surface area contributed by atoms with Gasteiger partial charge in [0.05, 0.1) is 25.4 Å². The Kier molecular flexibility index (Phi) is 7.39. The summed E-state index contributed by atoms with van der Waals surface area (Å²) < 4.78 is 11.2. The molecule has 188 valence electrons. The minimum absolute atomic E-state index is 0.248. The molecular weight excluding hydrogens is 448 g/mol. The van der Waals surface area contributed by atoms with Gasteiger partial charge in [-0.05, 0) is 58.4 Å². The molecule has 0 spiro atoms. The van der Waals surface area contributed by atoms with E-state index in [0.29, 0.717) is 37.8 Å². The van der Waals surface area contributed by atoms with Crippen LogP contribution in [-0.4, -0.2) is 65.4 Å². The molecule has 1 aromatic heterocycles. The van der Waals surface area contributed by atoms with Crippen LogP contribution in [0, 0.1) is 0 Å². The topological polar surface area (TPSA) is 109 Å². The maximum Gasteiger partial charge on any atom is 0.410 e. The molecule has 2 aliphatic heterocycles. The van der Waals surface area contributed by atoms with Crippen LogP contribution in [0.2, 0.25) is 0 Å². The van der Waals surface area contributed by atoms with Crippen LogP contribution >= 0.6 is 0 Å². The molecule has 10 nitrogen and oxygen atoms in total. The number of rotatable bonds is 4. The second-order valence-corrected chi connectivity index (χ2v) is 9.65. The highest BCUT2D eigenvalue weighted by atomic mass is 16.6. The third-order valence-corrected chi connectivity index (χ3v) is 5.67. The Morgan fingerprint density at radius 2 is 1.86 bits per heavy atom. The van der Waals surface area contributed by atoms with Crippen molar-refractivity contribution in [2.75, 3.05) is 43.1 Å². The number of carbonyl (C=O) groups excluding carboxylic acids is 2. The Balaban J connectivity index is 1.63. The van der Waals surface area contributed by atoms with E-state index in [0.717, 1.165) is 48.8 Å². The van der Waals surface area contributed by atoms with E-state index in [-0.39, 0.29) is 12.1 Å². The Morgan fingerprint density at radius 3 is 2.57 bits per heavy atom. The highest BCUT2D eigenvalue weighted by Crippen LogP contribution is 2.33. The number of amides is 3. The van der Waals surface area contributed by atoms with Gasteiger partial charge in [-0.15, -0.1) is 0 Å². The highest BCUT2D eigenvalue weighted by molar-refractivity contribution is 5.89. The molecule has 1 saturated heterocycles. The molecule has 0 bridgehead atoms. The van der Waals surface area contributed by atoms with Crippen molar-refractivity contribution < 1.29 is 19.1 Å². The monoisotopic (exact) mass is 482 g/mol. The fraction of sp³-hybridized carbons (Fsp3) is 0.520. The van der Waals surface area contributed by atoms with E-state index in [1.807, 2.05) is 52.0 Å². The highest BCUT2D eigenvalue weighted by Gasteiger charge is 2.33. The van der Waals surface area contributed by atoms with Crippen molar-refractivity contribution in [2.24, 2.45) is 0 Å². The Labute approximate surface area is 206 Å². The summed E-state index contributed by atoms with van der Waals surface area (Å²) in [5.74, 6) is 1.42. The van der Waals surface area contributed by atoms with Gasteiger partial charge in [0, 0.05) is 43.1 Å². The molecule has 10 heteroatoms. The first-order valence-electron chi connectivity index (χ1n) is 12.1. The summed E-state index contributed by atoms with van der Waals surface area (Å²) in [7, 11) is 0. The summed E-state index contributed by atoms with van der Waals surface area (Å²) in [5, 5.41) is 5.51. The van der Waals surface area contributed by atoms with E-state index in [9.17, 15) is 9.59 Å². The van der Waals surface area contributed by atoms with Crippen molar-refractivity contribution >= 4 is 23.6 Å². The summed E-state index contributed by atoms with van der Waals surface area (Å²) in [6.07, 6.45) is 0.548. The molecule has 0 unspecified atom stereocenters. The molecule has 4 rings (SSSR count). The standard InChI is InChI=1S/C25H34N6O4/c1-5-26-23(32)27-18-9-7-17(8-10-18)21-28-20-16-31(24(33)35-25(2,3)4)15-19(20)22(29-21)30-11-6-13-34-14-12-30/h7-10H,5-6,11-16H2,1-4H3,(H2,26,27,32). The lowest BCUT2D eigenvalue weighted by Crippen LogP contribution is -2.33. The van der Waals surface area contributed by atoms with Gasteiger partial charge in [-0.3, -0.25) is 4.90 Å². The average molecular weight is 483 g/mol. The van der Waals surface area contributed by atoms with Crippen LogP contribution in [0.3, 0.4) is 0 Å². The molecule has 1 aromatic carbocycles. The Hall–Kier alpha value is -3.40. The molecule has 2 aromatic rings. The van der Waals surface area contributed by atoms with Crippen LogP contribution in [0.15, 0.2) is 24.3 Å². The number of benzene rings is 1. The van der Waals surface area contributed by atoms with Crippen molar-refractivity contribution in [1.82, 2.24) is 20.2 Å². The van der Waals surface area contributed by atoms with Crippen molar-refractivity contribution in [3.63, 3.8) is 0 Å². The Bertz CT molecular complexity index is 1060. The summed E-state index contributed by atoms with van der Waals surface area (Å²) >= 11 is 0. The number of anilines is 2. The van der Waals surface area contributed by atoms with Gasteiger partial charge in [0.25, 0.3) is 0 Å². The van der Waals surface area contributed by atoms with Gasteiger partial charge in [-0.2, -0.15) is 0 Å².